The van der Waals surface area contributed by atoms with E-state index in [4.69, 9.17) is 0 Å². The van der Waals surface area contributed by atoms with E-state index in [1.807, 2.05) is 30.0 Å². The highest BCUT2D eigenvalue weighted by molar-refractivity contribution is 7.10. The average Bonchev–Trinajstić information content (AvgIpc) is 3.19. The van der Waals surface area contributed by atoms with E-state index in [1.54, 1.807) is 42.5 Å². The third kappa shape index (κ3) is 4.01. The molecule has 2 amide bonds. The highest BCUT2D eigenvalue weighted by Crippen LogP contribution is 2.34. The molecule has 5 rings (SSSR count). The minimum Gasteiger partial charge on any atom is -0.322 e. The van der Waals surface area contributed by atoms with E-state index in [1.165, 1.54) is 22.6 Å². The van der Waals surface area contributed by atoms with Gasteiger partial charge in [0.15, 0.2) is 0 Å². The van der Waals surface area contributed by atoms with Gasteiger partial charge in [0, 0.05) is 33.8 Å². The van der Waals surface area contributed by atoms with Gasteiger partial charge in [0.1, 0.15) is 5.82 Å². The molecule has 2 heterocycles. The minimum atomic E-state index is -0.420. The topological polar surface area (TPSA) is 49.4 Å². The summed E-state index contributed by atoms with van der Waals surface area (Å²) >= 11 is 1.67. The summed E-state index contributed by atoms with van der Waals surface area (Å²) < 4.78 is 13.8. The van der Waals surface area contributed by atoms with Gasteiger partial charge in [-0.3, -0.25) is 9.59 Å². The van der Waals surface area contributed by atoms with Crippen LogP contribution in [0.3, 0.4) is 0 Å². The molecule has 0 atom stereocenters. The van der Waals surface area contributed by atoms with Crippen LogP contribution < -0.4 is 10.2 Å². The van der Waals surface area contributed by atoms with E-state index >= 15 is 0 Å². The van der Waals surface area contributed by atoms with Gasteiger partial charge in [-0.15, -0.1) is 11.3 Å². The molecule has 0 saturated carbocycles. The van der Waals surface area contributed by atoms with Crippen molar-refractivity contribution in [3.05, 3.63) is 116 Å². The van der Waals surface area contributed by atoms with Crippen LogP contribution in [0.2, 0.25) is 0 Å². The first-order valence-electron chi connectivity index (χ1n) is 11.0. The summed E-state index contributed by atoms with van der Waals surface area (Å²) in [5, 5.41) is 4.89. The summed E-state index contributed by atoms with van der Waals surface area (Å²) in [5.74, 6) is -0.886. The fourth-order valence-electron chi connectivity index (χ4n) is 4.38. The van der Waals surface area contributed by atoms with Crippen molar-refractivity contribution >= 4 is 34.5 Å². The molecule has 4 nitrogen and oxygen atoms in total. The Morgan fingerprint density at radius 3 is 2.59 bits per heavy atom. The van der Waals surface area contributed by atoms with Gasteiger partial charge < -0.3 is 10.2 Å². The second-order valence-electron chi connectivity index (χ2n) is 8.46. The van der Waals surface area contributed by atoms with Crippen LogP contribution in [0.15, 0.2) is 72.1 Å². The van der Waals surface area contributed by atoms with Crippen LogP contribution in [0.4, 0.5) is 15.8 Å². The number of benzene rings is 3. The minimum absolute atomic E-state index is 0.0787. The van der Waals surface area contributed by atoms with E-state index in [-0.39, 0.29) is 17.4 Å². The van der Waals surface area contributed by atoms with Crippen LogP contribution in [-0.2, 0) is 13.0 Å². The molecule has 3 aromatic carbocycles. The fraction of sp³-hybridized carbons (Fsp3) is 0.143. The van der Waals surface area contributed by atoms with Crippen LogP contribution in [0, 0.1) is 19.7 Å². The lowest BCUT2D eigenvalue weighted by molar-refractivity contribution is 0.0983. The lowest BCUT2D eigenvalue weighted by Gasteiger charge is -2.24. The Balaban J connectivity index is 1.43. The smallest absolute Gasteiger partial charge is 0.258 e. The van der Waals surface area contributed by atoms with Crippen molar-refractivity contribution in [2.75, 3.05) is 10.2 Å². The molecule has 0 fully saturated rings. The number of rotatable bonds is 3. The maximum atomic E-state index is 13.8. The molecule has 0 aliphatic carbocycles. The highest BCUT2D eigenvalue weighted by atomic mass is 32.1. The van der Waals surface area contributed by atoms with Gasteiger partial charge in [-0.05, 0) is 83.9 Å². The first-order valence-corrected chi connectivity index (χ1v) is 11.9. The predicted octanol–water partition coefficient (Wildman–Crippen LogP) is 6.51. The molecular formula is C28H23FN2O2S. The van der Waals surface area contributed by atoms with Crippen LogP contribution >= 0.6 is 11.3 Å². The maximum Gasteiger partial charge on any atom is 0.258 e. The number of carbonyl (C=O) groups is 2. The molecule has 0 saturated heterocycles. The SMILES string of the molecule is Cc1cc(NC(=O)c2cccc(F)c2C)ccc1C(=O)N1Cc2sccc2Cc2ccccc21. The summed E-state index contributed by atoms with van der Waals surface area (Å²) in [5.41, 5.74) is 5.78. The number of hydrogen-bond donors (Lipinski definition) is 1. The van der Waals surface area contributed by atoms with Crippen LogP contribution in [0.5, 0.6) is 0 Å². The molecule has 0 unspecified atom stereocenters. The number of carbonyl (C=O) groups excluding carboxylic acids is 2. The van der Waals surface area contributed by atoms with Gasteiger partial charge in [0.05, 0.1) is 6.54 Å². The number of thiophene rings is 1. The lowest BCUT2D eigenvalue weighted by atomic mass is 10.0. The molecule has 1 aliphatic rings. The van der Waals surface area contributed by atoms with Crippen LogP contribution in [-0.4, -0.2) is 11.8 Å². The third-order valence-electron chi connectivity index (χ3n) is 6.27. The molecule has 1 aliphatic heterocycles. The first-order chi connectivity index (χ1) is 16.4. The molecule has 1 N–H and O–H groups in total. The van der Waals surface area contributed by atoms with Crippen LogP contribution in [0.1, 0.15) is 47.8 Å². The van der Waals surface area contributed by atoms with Crippen molar-refractivity contribution < 1.29 is 14.0 Å². The van der Waals surface area contributed by atoms with E-state index in [9.17, 15) is 14.0 Å². The Hall–Kier alpha value is -3.77. The number of anilines is 2. The summed E-state index contributed by atoms with van der Waals surface area (Å²) in [6, 6.07) is 19.8. The summed E-state index contributed by atoms with van der Waals surface area (Å²) in [6.45, 7) is 3.96. The first kappa shape index (κ1) is 22.0. The normalized spacial score (nSPS) is 12.5. The molecular weight excluding hydrogens is 447 g/mol. The molecule has 34 heavy (non-hydrogen) atoms. The lowest BCUT2D eigenvalue weighted by Crippen LogP contribution is -2.30. The maximum absolute atomic E-state index is 13.8. The molecule has 0 bridgehead atoms. The molecule has 4 aromatic rings. The van der Waals surface area contributed by atoms with Gasteiger partial charge in [0.25, 0.3) is 11.8 Å². The average molecular weight is 471 g/mol. The van der Waals surface area contributed by atoms with E-state index in [2.05, 4.69) is 22.8 Å². The van der Waals surface area contributed by atoms with Crippen molar-refractivity contribution in [1.82, 2.24) is 0 Å². The second-order valence-corrected chi connectivity index (χ2v) is 9.46. The second kappa shape index (κ2) is 8.88. The molecule has 0 spiro atoms. The zero-order chi connectivity index (χ0) is 23.8. The van der Waals surface area contributed by atoms with Gasteiger partial charge in [0.2, 0.25) is 0 Å². The number of hydrogen-bond acceptors (Lipinski definition) is 3. The Morgan fingerprint density at radius 2 is 1.76 bits per heavy atom. The van der Waals surface area contributed by atoms with E-state index < -0.39 is 5.82 Å². The predicted molar refractivity (Wildman–Crippen MR) is 134 cm³/mol. The Labute approximate surface area is 201 Å². The van der Waals surface area contributed by atoms with Gasteiger partial charge in [-0.25, -0.2) is 4.39 Å². The summed E-state index contributed by atoms with van der Waals surface area (Å²) in [4.78, 5) is 29.4. The van der Waals surface area contributed by atoms with Gasteiger partial charge in [-0.2, -0.15) is 0 Å². The summed E-state index contributed by atoms with van der Waals surface area (Å²) in [7, 11) is 0. The van der Waals surface area contributed by atoms with Crippen LogP contribution in [0.25, 0.3) is 0 Å². The van der Waals surface area contributed by atoms with Crippen molar-refractivity contribution in [2.24, 2.45) is 0 Å². The largest absolute Gasteiger partial charge is 0.322 e. The van der Waals surface area contributed by atoms with Gasteiger partial charge in [-0.1, -0.05) is 24.3 Å². The number of para-hydroxylation sites is 1. The zero-order valence-corrected chi connectivity index (χ0v) is 19.7. The van der Waals surface area contributed by atoms with Gasteiger partial charge >= 0.3 is 0 Å². The highest BCUT2D eigenvalue weighted by Gasteiger charge is 2.26. The monoisotopic (exact) mass is 470 g/mol. The number of amides is 2. The number of nitrogens with one attached hydrogen (secondary N) is 1. The fourth-order valence-corrected chi connectivity index (χ4v) is 5.27. The zero-order valence-electron chi connectivity index (χ0n) is 18.9. The van der Waals surface area contributed by atoms with E-state index in [0.717, 1.165) is 23.2 Å². The quantitative estimate of drug-likeness (QED) is 0.371. The Kier molecular flexibility index (Phi) is 5.75. The number of halogens is 1. The van der Waals surface area contributed by atoms with Crippen molar-refractivity contribution in [1.29, 1.82) is 0 Å². The van der Waals surface area contributed by atoms with Crippen molar-refractivity contribution in [2.45, 2.75) is 26.8 Å². The summed E-state index contributed by atoms with van der Waals surface area (Å²) in [6.07, 6.45) is 0.808. The molecule has 170 valence electrons. The number of fused-ring (bicyclic) bond motifs is 2. The standard InChI is InChI=1S/C28H23FN2O2S/c1-17-14-21(30-27(32)23-7-5-8-24(29)18(23)2)10-11-22(17)28(33)31-16-26-20(12-13-34-26)15-19-6-3-4-9-25(19)31/h3-14H,15-16H2,1-2H3,(H,30,32). The van der Waals surface area contributed by atoms with E-state index in [0.29, 0.717) is 23.4 Å². The Morgan fingerprint density at radius 1 is 0.941 bits per heavy atom. The molecule has 0 radical (unpaired) electrons. The number of aryl methyl sites for hydroxylation is 1. The van der Waals surface area contributed by atoms with Crippen molar-refractivity contribution in [3.8, 4) is 0 Å². The molecule has 6 heteroatoms. The number of nitrogens with zero attached hydrogens (tertiary/aromatic N) is 1. The Bertz CT molecular complexity index is 1430. The third-order valence-corrected chi connectivity index (χ3v) is 7.22. The molecule has 1 aromatic heterocycles. The van der Waals surface area contributed by atoms with Crippen molar-refractivity contribution in [3.63, 3.8) is 0 Å².